The summed E-state index contributed by atoms with van der Waals surface area (Å²) in [5.74, 6) is 0.732. The molecular formula is C8H12N4OS. The highest BCUT2D eigenvalue weighted by Crippen LogP contribution is 2.20. The molecule has 0 saturated carbocycles. The van der Waals surface area contributed by atoms with Crippen molar-refractivity contribution in [1.82, 2.24) is 9.31 Å². The van der Waals surface area contributed by atoms with Crippen molar-refractivity contribution in [2.45, 2.75) is 13.0 Å². The Labute approximate surface area is 88.3 Å². The Morgan fingerprint density at radius 1 is 1.64 bits per heavy atom. The first-order valence-corrected chi connectivity index (χ1v) is 4.70. The van der Waals surface area contributed by atoms with Crippen molar-refractivity contribution in [1.29, 1.82) is 0 Å². The third kappa shape index (κ3) is 1.51. The second-order valence-electron chi connectivity index (χ2n) is 3.16. The van der Waals surface area contributed by atoms with Gasteiger partial charge in [0.15, 0.2) is 0 Å². The molecule has 1 unspecified atom stereocenters. The Bertz CT molecular complexity index is 325. The largest absolute Gasteiger partial charge is 0.382 e. The van der Waals surface area contributed by atoms with E-state index in [2.05, 4.69) is 22.9 Å². The Kier molecular flexibility index (Phi) is 2.47. The van der Waals surface area contributed by atoms with Gasteiger partial charge in [0, 0.05) is 12.8 Å². The van der Waals surface area contributed by atoms with Gasteiger partial charge in [0.25, 0.3) is 0 Å². The lowest BCUT2D eigenvalue weighted by atomic mass is 10.2. The van der Waals surface area contributed by atoms with Crippen LogP contribution in [0.3, 0.4) is 0 Å². The molecule has 0 saturated heterocycles. The number of nitrogens with zero attached hydrogens (tertiary/aromatic N) is 4. The summed E-state index contributed by atoms with van der Waals surface area (Å²) < 4.78 is 6.71. The van der Waals surface area contributed by atoms with E-state index >= 15 is 0 Å². The predicted molar refractivity (Wildman–Crippen MR) is 58.0 cm³/mol. The summed E-state index contributed by atoms with van der Waals surface area (Å²) in [5, 5.41) is 5.97. The molecule has 0 bridgehead atoms. The van der Waals surface area contributed by atoms with E-state index in [1.807, 2.05) is 13.0 Å². The van der Waals surface area contributed by atoms with Crippen molar-refractivity contribution in [3.8, 4) is 0 Å². The summed E-state index contributed by atoms with van der Waals surface area (Å²) >= 11 is 4.21. The SMILES string of the molecule is COCC1C=C(C)N=C2N(S)C=NN21. The van der Waals surface area contributed by atoms with E-state index in [1.165, 1.54) is 0 Å². The maximum absolute atomic E-state index is 5.11. The number of rotatable bonds is 2. The van der Waals surface area contributed by atoms with Crippen molar-refractivity contribution in [3.05, 3.63) is 11.8 Å². The fourth-order valence-corrected chi connectivity index (χ4v) is 1.67. The van der Waals surface area contributed by atoms with Crippen LogP contribution in [0.2, 0.25) is 0 Å². The van der Waals surface area contributed by atoms with Gasteiger partial charge in [-0.2, -0.15) is 5.10 Å². The second kappa shape index (κ2) is 3.62. The third-order valence-corrected chi connectivity index (χ3v) is 2.34. The molecule has 0 spiro atoms. The van der Waals surface area contributed by atoms with Crippen molar-refractivity contribution in [2.24, 2.45) is 10.1 Å². The number of methoxy groups -OCH3 is 1. The van der Waals surface area contributed by atoms with Gasteiger partial charge < -0.3 is 4.74 Å². The Hall–Kier alpha value is -1.01. The van der Waals surface area contributed by atoms with Crippen LogP contribution < -0.4 is 0 Å². The molecule has 0 amide bonds. The van der Waals surface area contributed by atoms with Gasteiger partial charge in [-0.05, 0) is 13.0 Å². The summed E-state index contributed by atoms with van der Waals surface area (Å²) in [6, 6.07) is 0.112. The van der Waals surface area contributed by atoms with Gasteiger partial charge in [0.2, 0.25) is 5.96 Å². The highest BCUT2D eigenvalue weighted by Gasteiger charge is 2.30. The molecular weight excluding hydrogens is 200 g/mol. The minimum absolute atomic E-state index is 0.112. The Balaban J connectivity index is 2.24. The molecule has 6 heteroatoms. The van der Waals surface area contributed by atoms with Crippen LogP contribution in [0.25, 0.3) is 0 Å². The predicted octanol–water partition coefficient (Wildman–Crippen LogP) is 0.681. The molecule has 0 N–H and O–H groups in total. The number of thiol groups is 1. The van der Waals surface area contributed by atoms with Gasteiger partial charge >= 0.3 is 0 Å². The lowest BCUT2D eigenvalue weighted by molar-refractivity contribution is 0.148. The van der Waals surface area contributed by atoms with Gasteiger partial charge in [-0.15, -0.1) is 0 Å². The maximum atomic E-state index is 5.11. The van der Waals surface area contributed by atoms with Gasteiger partial charge in [-0.3, -0.25) is 0 Å². The molecule has 2 aliphatic heterocycles. The van der Waals surface area contributed by atoms with Gasteiger partial charge in [-0.25, -0.2) is 14.3 Å². The summed E-state index contributed by atoms with van der Waals surface area (Å²) in [4.78, 5) is 4.33. The van der Waals surface area contributed by atoms with Crippen LogP contribution in [0, 0.1) is 0 Å². The summed E-state index contributed by atoms with van der Waals surface area (Å²) in [7, 11) is 1.67. The van der Waals surface area contributed by atoms with Crippen LogP contribution in [0.4, 0.5) is 0 Å². The molecule has 0 aromatic rings. The summed E-state index contributed by atoms with van der Waals surface area (Å²) in [6.45, 7) is 2.54. The number of ether oxygens (including phenoxy) is 1. The first kappa shape index (κ1) is 9.54. The first-order chi connectivity index (χ1) is 6.72. The van der Waals surface area contributed by atoms with Crippen molar-refractivity contribution >= 4 is 25.1 Å². The van der Waals surface area contributed by atoms with Gasteiger partial charge in [0.05, 0.1) is 12.6 Å². The van der Waals surface area contributed by atoms with Gasteiger partial charge in [-0.1, -0.05) is 12.8 Å². The minimum Gasteiger partial charge on any atom is -0.382 e. The van der Waals surface area contributed by atoms with Crippen LogP contribution in [-0.4, -0.2) is 41.4 Å². The van der Waals surface area contributed by atoms with E-state index in [4.69, 9.17) is 4.74 Å². The van der Waals surface area contributed by atoms with E-state index in [1.54, 1.807) is 22.8 Å². The number of hydrogen-bond acceptors (Lipinski definition) is 6. The average molecular weight is 212 g/mol. The minimum atomic E-state index is 0.112. The number of aliphatic imine (C=N–C) groups is 1. The van der Waals surface area contributed by atoms with E-state index in [9.17, 15) is 0 Å². The molecule has 2 heterocycles. The first-order valence-electron chi connectivity index (χ1n) is 4.30. The fraction of sp³-hybridized carbons (Fsp3) is 0.500. The zero-order valence-corrected chi connectivity index (χ0v) is 8.98. The zero-order chi connectivity index (χ0) is 10.1. The topological polar surface area (TPSA) is 40.4 Å². The summed E-state index contributed by atoms with van der Waals surface area (Å²) in [6.07, 6.45) is 3.65. The third-order valence-electron chi connectivity index (χ3n) is 2.06. The Morgan fingerprint density at radius 2 is 2.43 bits per heavy atom. The smallest absolute Gasteiger partial charge is 0.238 e. The van der Waals surface area contributed by atoms with Crippen molar-refractivity contribution in [2.75, 3.05) is 13.7 Å². The van der Waals surface area contributed by atoms with Crippen LogP contribution in [0.1, 0.15) is 6.92 Å². The second-order valence-corrected chi connectivity index (χ2v) is 3.59. The standard InChI is InChI=1S/C8H12N4OS/c1-6-3-7(4-13-2)12-8(10-6)11(14)5-9-12/h3,5,7,14H,4H2,1-2H3. The fourth-order valence-electron chi connectivity index (χ4n) is 1.48. The quantitative estimate of drug-likeness (QED) is 0.684. The normalized spacial score (nSPS) is 24.9. The molecule has 1 atom stereocenters. The molecule has 0 fully saturated rings. The molecule has 14 heavy (non-hydrogen) atoms. The number of guanidine groups is 1. The average Bonchev–Trinajstić information content (AvgIpc) is 2.49. The number of fused-ring (bicyclic) bond motifs is 1. The van der Waals surface area contributed by atoms with E-state index in [-0.39, 0.29) is 6.04 Å². The van der Waals surface area contributed by atoms with Gasteiger partial charge in [0.1, 0.15) is 6.34 Å². The molecule has 0 radical (unpaired) electrons. The molecule has 76 valence electrons. The van der Waals surface area contributed by atoms with Crippen LogP contribution in [0.15, 0.2) is 21.9 Å². The maximum Gasteiger partial charge on any atom is 0.238 e. The number of hydrogen-bond donors (Lipinski definition) is 1. The lowest BCUT2D eigenvalue weighted by Crippen LogP contribution is -2.41. The van der Waals surface area contributed by atoms with Crippen LogP contribution in [0.5, 0.6) is 0 Å². The molecule has 2 rings (SSSR count). The Morgan fingerprint density at radius 3 is 3.14 bits per heavy atom. The molecule has 0 aromatic carbocycles. The van der Waals surface area contributed by atoms with Crippen LogP contribution >= 0.6 is 12.8 Å². The monoisotopic (exact) mass is 212 g/mol. The van der Waals surface area contributed by atoms with E-state index in [0.717, 1.165) is 11.7 Å². The lowest BCUT2D eigenvalue weighted by Gasteiger charge is -2.27. The van der Waals surface area contributed by atoms with Crippen LogP contribution in [-0.2, 0) is 4.74 Å². The van der Waals surface area contributed by atoms with Crippen molar-refractivity contribution < 1.29 is 4.74 Å². The number of allylic oxidation sites excluding steroid dienone is 1. The van der Waals surface area contributed by atoms with E-state index in [0.29, 0.717) is 6.61 Å². The highest BCUT2D eigenvalue weighted by atomic mass is 32.1. The van der Waals surface area contributed by atoms with E-state index < -0.39 is 0 Å². The molecule has 0 aromatic heterocycles. The molecule has 0 aliphatic carbocycles. The van der Waals surface area contributed by atoms with Crippen molar-refractivity contribution in [3.63, 3.8) is 0 Å². The molecule has 2 aliphatic rings. The highest BCUT2D eigenvalue weighted by molar-refractivity contribution is 7.79. The number of hydrazone groups is 1. The molecule has 5 nitrogen and oxygen atoms in total. The zero-order valence-electron chi connectivity index (χ0n) is 8.08. The summed E-state index contributed by atoms with van der Waals surface area (Å²) in [5.41, 5.74) is 0.961.